The lowest BCUT2D eigenvalue weighted by atomic mass is 10.2. The summed E-state index contributed by atoms with van der Waals surface area (Å²) in [5.41, 5.74) is 6.43. The van der Waals surface area contributed by atoms with E-state index >= 15 is 0 Å². The molecule has 0 saturated carbocycles. The van der Waals surface area contributed by atoms with Gasteiger partial charge in [0.05, 0.1) is 7.11 Å². The molecule has 7 heteroatoms. The van der Waals surface area contributed by atoms with Crippen LogP contribution in [0, 0.1) is 0 Å². The molecule has 1 heterocycles. The van der Waals surface area contributed by atoms with Crippen LogP contribution in [0.15, 0.2) is 22.9 Å². The van der Waals surface area contributed by atoms with E-state index in [1.807, 2.05) is 13.8 Å². The van der Waals surface area contributed by atoms with Crippen molar-refractivity contribution < 1.29 is 9.53 Å². The molecule has 0 amide bonds. The second-order valence-electron chi connectivity index (χ2n) is 3.57. The van der Waals surface area contributed by atoms with E-state index in [1.54, 1.807) is 0 Å². The van der Waals surface area contributed by atoms with Gasteiger partial charge in [-0.2, -0.15) is 0 Å². The number of hydrogen-bond donors (Lipinski definition) is 1. The molecule has 1 aromatic heterocycles. The molecule has 0 aromatic carbocycles. The SMILES string of the molecule is COC(=O)C=C(C)[C@H](C)Sc1nc(N)cc(Cl)n1. The lowest BCUT2D eigenvalue weighted by molar-refractivity contribution is -0.134. The molecular formula is C11H14ClN3O2S. The summed E-state index contributed by atoms with van der Waals surface area (Å²) in [4.78, 5) is 19.2. The lowest BCUT2D eigenvalue weighted by Gasteiger charge is -2.10. The maximum Gasteiger partial charge on any atom is 0.330 e. The summed E-state index contributed by atoms with van der Waals surface area (Å²) in [6.07, 6.45) is 1.44. The molecule has 0 spiro atoms. The Morgan fingerprint density at radius 3 is 2.83 bits per heavy atom. The van der Waals surface area contributed by atoms with E-state index in [-0.39, 0.29) is 11.2 Å². The second-order valence-corrected chi connectivity index (χ2v) is 5.26. The molecule has 0 aliphatic rings. The number of anilines is 1. The minimum absolute atomic E-state index is 0.0157. The molecular weight excluding hydrogens is 274 g/mol. The Balaban J connectivity index is 2.78. The van der Waals surface area contributed by atoms with Gasteiger partial charge in [-0.1, -0.05) is 28.9 Å². The standard InChI is InChI=1S/C11H14ClN3O2S/c1-6(4-10(16)17-3)7(2)18-11-14-8(12)5-9(13)15-11/h4-5,7H,1-3H3,(H2,13,14,15)/t7-/m0/s1. The highest BCUT2D eigenvalue weighted by molar-refractivity contribution is 7.99. The van der Waals surface area contributed by atoms with Gasteiger partial charge >= 0.3 is 5.97 Å². The number of nitrogen functional groups attached to an aromatic ring is 1. The van der Waals surface area contributed by atoms with Gasteiger partial charge in [0.15, 0.2) is 5.16 Å². The Morgan fingerprint density at radius 1 is 1.61 bits per heavy atom. The van der Waals surface area contributed by atoms with Crippen LogP contribution in [0.4, 0.5) is 5.82 Å². The van der Waals surface area contributed by atoms with E-state index in [4.69, 9.17) is 17.3 Å². The third-order valence-electron chi connectivity index (χ3n) is 2.16. The molecule has 1 atom stereocenters. The first-order valence-electron chi connectivity index (χ1n) is 5.15. The van der Waals surface area contributed by atoms with E-state index in [9.17, 15) is 4.79 Å². The monoisotopic (exact) mass is 287 g/mol. The van der Waals surface area contributed by atoms with Gasteiger partial charge in [0, 0.05) is 17.4 Å². The molecule has 0 aliphatic carbocycles. The van der Waals surface area contributed by atoms with Gasteiger partial charge < -0.3 is 10.5 Å². The summed E-state index contributed by atoms with van der Waals surface area (Å²) in [7, 11) is 1.34. The number of thioether (sulfide) groups is 1. The zero-order chi connectivity index (χ0) is 13.7. The fourth-order valence-electron chi connectivity index (χ4n) is 1.08. The molecule has 1 aromatic rings. The largest absolute Gasteiger partial charge is 0.466 e. The number of carbonyl (C=O) groups excluding carboxylic acids is 1. The van der Waals surface area contributed by atoms with E-state index < -0.39 is 0 Å². The third-order valence-corrected chi connectivity index (χ3v) is 3.48. The maximum atomic E-state index is 11.1. The van der Waals surface area contributed by atoms with E-state index in [0.29, 0.717) is 16.1 Å². The zero-order valence-corrected chi connectivity index (χ0v) is 11.9. The molecule has 0 aliphatic heterocycles. The zero-order valence-electron chi connectivity index (χ0n) is 10.3. The Morgan fingerprint density at radius 2 is 2.28 bits per heavy atom. The quantitative estimate of drug-likeness (QED) is 0.301. The number of carbonyl (C=O) groups is 1. The summed E-state index contributed by atoms with van der Waals surface area (Å²) in [5.74, 6) is -0.0641. The van der Waals surface area contributed by atoms with Crippen LogP contribution < -0.4 is 5.73 Å². The molecule has 0 bridgehead atoms. The smallest absolute Gasteiger partial charge is 0.330 e. The van der Waals surface area contributed by atoms with Crippen molar-refractivity contribution in [3.05, 3.63) is 22.9 Å². The predicted molar refractivity (Wildman–Crippen MR) is 72.5 cm³/mol. The Hall–Kier alpha value is -1.27. The van der Waals surface area contributed by atoms with Crippen LogP contribution in [0.5, 0.6) is 0 Å². The second kappa shape index (κ2) is 6.61. The first-order valence-corrected chi connectivity index (χ1v) is 6.41. The number of methoxy groups -OCH3 is 1. The Kier molecular flexibility index (Phi) is 5.43. The summed E-state index contributed by atoms with van der Waals surface area (Å²) >= 11 is 7.16. The van der Waals surface area contributed by atoms with Crippen molar-refractivity contribution in [3.63, 3.8) is 0 Å². The van der Waals surface area contributed by atoms with Crippen LogP contribution in [0.25, 0.3) is 0 Å². The number of nitrogens with zero attached hydrogens (tertiary/aromatic N) is 2. The first kappa shape index (κ1) is 14.8. The molecule has 0 radical (unpaired) electrons. The summed E-state index contributed by atoms with van der Waals surface area (Å²) in [6.45, 7) is 3.77. The van der Waals surface area contributed by atoms with Crippen molar-refractivity contribution in [1.82, 2.24) is 9.97 Å². The minimum atomic E-state index is -0.383. The van der Waals surface area contributed by atoms with Crippen molar-refractivity contribution in [2.75, 3.05) is 12.8 Å². The summed E-state index contributed by atoms with van der Waals surface area (Å²) in [6, 6.07) is 1.48. The van der Waals surface area contributed by atoms with Gasteiger partial charge in [-0.25, -0.2) is 14.8 Å². The first-order chi connectivity index (χ1) is 8.42. The lowest BCUT2D eigenvalue weighted by Crippen LogP contribution is -2.05. The number of ether oxygens (including phenoxy) is 1. The Labute approximate surface area is 115 Å². The number of halogens is 1. The van der Waals surface area contributed by atoms with Crippen LogP contribution in [0.3, 0.4) is 0 Å². The van der Waals surface area contributed by atoms with Crippen LogP contribution in [0.1, 0.15) is 13.8 Å². The van der Waals surface area contributed by atoms with Crippen LogP contribution >= 0.6 is 23.4 Å². The Bertz CT molecular complexity index is 459. The van der Waals surface area contributed by atoms with Gasteiger partial charge in [-0.3, -0.25) is 0 Å². The molecule has 0 unspecified atom stereocenters. The summed E-state index contributed by atoms with van der Waals surface area (Å²) < 4.78 is 4.56. The van der Waals surface area contributed by atoms with Crippen LogP contribution in [-0.4, -0.2) is 28.3 Å². The number of nitrogens with two attached hydrogens (primary N) is 1. The predicted octanol–water partition coefficient (Wildman–Crippen LogP) is 2.31. The third kappa shape index (κ3) is 4.54. The minimum Gasteiger partial charge on any atom is -0.466 e. The van der Waals surface area contributed by atoms with Gasteiger partial charge in [0.2, 0.25) is 0 Å². The number of aromatic nitrogens is 2. The highest BCUT2D eigenvalue weighted by Gasteiger charge is 2.11. The fourth-order valence-corrected chi connectivity index (χ4v) is 2.20. The van der Waals surface area contributed by atoms with E-state index in [1.165, 1.54) is 31.0 Å². The average molecular weight is 288 g/mol. The molecule has 18 heavy (non-hydrogen) atoms. The van der Waals surface area contributed by atoms with Crippen LogP contribution in [0.2, 0.25) is 5.15 Å². The summed E-state index contributed by atoms with van der Waals surface area (Å²) in [5, 5.41) is 0.791. The van der Waals surface area contributed by atoms with Gasteiger partial charge in [-0.15, -0.1) is 0 Å². The highest BCUT2D eigenvalue weighted by Crippen LogP contribution is 2.26. The number of rotatable bonds is 4. The van der Waals surface area contributed by atoms with Crippen molar-refractivity contribution in [2.24, 2.45) is 0 Å². The fraction of sp³-hybridized carbons (Fsp3) is 0.364. The number of hydrogen-bond acceptors (Lipinski definition) is 6. The van der Waals surface area contributed by atoms with Gasteiger partial charge in [-0.05, 0) is 13.8 Å². The molecule has 98 valence electrons. The molecule has 0 saturated heterocycles. The van der Waals surface area contributed by atoms with Crippen molar-refractivity contribution in [3.8, 4) is 0 Å². The molecule has 2 N–H and O–H groups in total. The molecule has 5 nitrogen and oxygen atoms in total. The van der Waals surface area contributed by atoms with E-state index in [0.717, 1.165) is 5.57 Å². The van der Waals surface area contributed by atoms with Gasteiger partial charge in [0.25, 0.3) is 0 Å². The number of esters is 1. The van der Waals surface area contributed by atoms with Crippen LogP contribution in [-0.2, 0) is 9.53 Å². The maximum absolute atomic E-state index is 11.1. The van der Waals surface area contributed by atoms with E-state index in [2.05, 4.69) is 14.7 Å². The van der Waals surface area contributed by atoms with Crippen molar-refractivity contribution in [1.29, 1.82) is 0 Å². The molecule has 0 fully saturated rings. The van der Waals surface area contributed by atoms with Crippen molar-refractivity contribution >= 4 is 35.1 Å². The highest BCUT2D eigenvalue weighted by atomic mass is 35.5. The van der Waals surface area contributed by atoms with Gasteiger partial charge in [0.1, 0.15) is 11.0 Å². The van der Waals surface area contributed by atoms with Crippen molar-refractivity contribution in [2.45, 2.75) is 24.3 Å². The topological polar surface area (TPSA) is 78.1 Å². The molecule has 1 rings (SSSR count). The average Bonchev–Trinajstić information content (AvgIpc) is 2.27. The normalized spacial score (nSPS) is 13.2.